The molecule has 2 aliphatic heterocycles. The lowest BCUT2D eigenvalue weighted by molar-refractivity contribution is 0.0408. The van der Waals surface area contributed by atoms with Crippen LogP contribution in [0.4, 0.5) is 4.39 Å². The largest absolute Gasteiger partial charge is 0.497 e. The second-order valence-electron chi connectivity index (χ2n) is 11.0. The van der Waals surface area contributed by atoms with Gasteiger partial charge in [0.05, 0.1) is 25.3 Å². The van der Waals surface area contributed by atoms with E-state index in [0.717, 1.165) is 55.2 Å². The molecule has 5 nitrogen and oxygen atoms in total. The van der Waals surface area contributed by atoms with Crippen LogP contribution in [0.5, 0.6) is 5.75 Å². The van der Waals surface area contributed by atoms with Gasteiger partial charge in [-0.2, -0.15) is 0 Å². The predicted molar refractivity (Wildman–Crippen MR) is 136 cm³/mol. The van der Waals surface area contributed by atoms with E-state index >= 15 is 0 Å². The first-order chi connectivity index (χ1) is 17.0. The van der Waals surface area contributed by atoms with Crippen molar-refractivity contribution >= 4 is 10.9 Å². The van der Waals surface area contributed by atoms with E-state index in [-0.39, 0.29) is 23.9 Å². The number of benzene rings is 2. The number of fused-ring (bicyclic) bond motifs is 4. The van der Waals surface area contributed by atoms with Gasteiger partial charge in [0.15, 0.2) is 0 Å². The molecule has 1 aromatic heterocycles. The van der Waals surface area contributed by atoms with Crippen LogP contribution in [0, 0.1) is 11.7 Å². The van der Waals surface area contributed by atoms with Crippen LogP contribution < -0.4 is 4.74 Å². The first-order valence-corrected chi connectivity index (χ1v) is 13.0. The molecule has 1 saturated heterocycles. The molecule has 6 rings (SSSR count). The zero-order chi connectivity index (χ0) is 24.2. The van der Waals surface area contributed by atoms with Gasteiger partial charge in [0.1, 0.15) is 11.6 Å². The highest BCUT2D eigenvalue weighted by atomic mass is 19.1. The minimum Gasteiger partial charge on any atom is -0.497 e. The molecule has 1 aliphatic carbocycles. The smallest absolute Gasteiger partial charge is 0.123 e. The molecule has 35 heavy (non-hydrogen) atoms. The third-order valence-electron chi connectivity index (χ3n) is 8.74. The van der Waals surface area contributed by atoms with E-state index in [1.165, 1.54) is 48.2 Å². The maximum atomic E-state index is 13.6. The first kappa shape index (κ1) is 23.0. The van der Waals surface area contributed by atoms with Gasteiger partial charge < -0.3 is 19.3 Å². The monoisotopic (exact) mass is 477 g/mol. The van der Waals surface area contributed by atoms with Gasteiger partial charge >= 0.3 is 0 Å². The molecule has 0 radical (unpaired) electrons. The lowest BCUT2D eigenvalue weighted by Gasteiger charge is -2.50. The fourth-order valence-electron chi connectivity index (χ4n) is 6.69. The number of ether oxygens (including phenoxy) is 1. The van der Waals surface area contributed by atoms with Crippen molar-refractivity contribution < 1.29 is 14.2 Å². The van der Waals surface area contributed by atoms with Crippen LogP contribution >= 0.6 is 0 Å². The summed E-state index contributed by atoms with van der Waals surface area (Å²) in [5, 5.41) is 12.0. The number of likely N-dealkylation sites (tertiary alicyclic amines) is 1. The van der Waals surface area contributed by atoms with Gasteiger partial charge in [-0.15, -0.1) is 0 Å². The Kier molecular flexibility index (Phi) is 5.86. The minimum atomic E-state index is -0.212. The van der Waals surface area contributed by atoms with E-state index in [1.54, 1.807) is 7.11 Å². The van der Waals surface area contributed by atoms with Gasteiger partial charge in [0, 0.05) is 49.2 Å². The van der Waals surface area contributed by atoms with Crippen molar-refractivity contribution in [2.24, 2.45) is 13.0 Å². The Morgan fingerprint density at radius 1 is 1.09 bits per heavy atom. The lowest BCUT2D eigenvalue weighted by Crippen LogP contribution is -2.54. The van der Waals surface area contributed by atoms with E-state index in [1.807, 2.05) is 12.1 Å². The molecule has 3 aliphatic rings. The second-order valence-corrected chi connectivity index (χ2v) is 11.0. The van der Waals surface area contributed by atoms with Crippen LogP contribution in [0.2, 0.25) is 0 Å². The Balaban J connectivity index is 1.44. The van der Waals surface area contributed by atoms with Crippen LogP contribution in [0.25, 0.3) is 10.9 Å². The highest BCUT2D eigenvalue weighted by molar-refractivity contribution is 5.88. The molecule has 3 heterocycles. The van der Waals surface area contributed by atoms with Gasteiger partial charge in [-0.05, 0) is 80.1 Å². The molecule has 1 N–H and O–H groups in total. The van der Waals surface area contributed by atoms with Crippen molar-refractivity contribution in [2.75, 3.05) is 39.9 Å². The molecule has 0 unspecified atom stereocenters. The van der Waals surface area contributed by atoms with Crippen molar-refractivity contribution in [3.05, 3.63) is 65.1 Å². The number of methoxy groups -OCH3 is 1. The van der Waals surface area contributed by atoms with Gasteiger partial charge in [-0.1, -0.05) is 12.1 Å². The summed E-state index contributed by atoms with van der Waals surface area (Å²) < 4.78 is 21.4. The summed E-state index contributed by atoms with van der Waals surface area (Å²) in [5.74, 6) is 1.55. The molecule has 3 aromatic rings. The quantitative estimate of drug-likeness (QED) is 0.563. The molecular formula is C29H36FN3O2. The average molecular weight is 478 g/mol. The van der Waals surface area contributed by atoms with E-state index in [0.29, 0.717) is 6.54 Å². The van der Waals surface area contributed by atoms with Gasteiger partial charge in [0.2, 0.25) is 0 Å². The predicted octanol–water partition coefficient (Wildman–Crippen LogP) is 4.62. The van der Waals surface area contributed by atoms with Gasteiger partial charge in [-0.3, -0.25) is 4.90 Å². The summed E-state index contributed by atoms with van der Waals surface area (Å²) in [4.78, 5) is 5.10. The highest BCUT2D eigenvalue weighted by Crippen LogP contribution is 2.50. The summed E-state index contributed by atoms with van der Waals surface area (Å²) in [7, 11) is 3.84. The molecule has 0 bridgehead atoms. The van der Waals surface area contributed by atoms with E-state index in [2.05, 4.69) is 39.6 Å². The van der Waals surface area contributed by atoms with Crippen LogP contribution in [0.3, 0.4) is 0 Å². The number of hydrogen-bond donors (Lipinski definition) is 1. The summed E-state index contributed by atoms with van der Waals surface area (Å²) in [5.41, 5.74) is 4.93. The zero-order valence-corrected chi connectivity index (χ0v) is 20.8. The normalized spacial score (nSPS) is 22.6. The molecule has 186 valence electrons. The third kappa shape index (κ3) is 4.05. The Morgan fingerprint density at radius 2 is 1.83 bits per heavy atom. The average Bonchev–Trinajstić information content (AvgIpc) is 3.65. The van der Waals surface area contributed by atoms with Crippen molar-refractivity contribution in [2.45, 2.75) is 43.7 Å². The third-order valence-corrected chi connectivity index (χ3v) is 8.74. The molecule has 1 saturated carbocycles. The first-order valence-electron chi connectivity index (χ1n) is 13.0. The Hall–Kier alpha value is -2.41. The van der Waals surface area contributed by atoms with Crippen LogP contribution in [-0.2, 0) is 19.0 Å². The van der Waals surface area contributed by atoms with Crippen molar-refractivity contribution in [1.82, 2.24) is 14.4 Å². The molecule has 6 heteroatoms. The van der Waals surface area contributed by atoms with Crippen molar-refractivity contribution in [1.29, 1.82) is 0 Å². The lowest BCUT2D eigenvalue weighted by atomic mass is 9.68. The Morgan fingerprint density at radius 3 is 2.49 bits per heavy atom. The SMILES string of the molecule is COc1ccc2c3c(n(C)c2c1)[C@@H](CO)N(Cc1ccc(F)cc1)CC31CCN(CC2CC2)CC1. The summed E-state index contributed by atoms with van der Waals surface area (Å²) in [6.07, 6.45) is 5.02. The summed E-state index contributed by atoms with van der Waals surface area (Å²) in [6.45, 7) is 5.15. The number of piperidine rings is 1. The van der Waals surface area contributed by atoms with Crippen LogP contribution in [-0.4, -0.2) is 59.4 Å². The van der Waals surface area contributed by atoms with Gasteiger partial charge in [-0.25, -0.2) is 4.39 Å². The maximum Gasteiger partial charge on any atom is 0.123 e. The zero-order valence-electron chi connectivity index (χ0n) is 20.8. The molecular weight excluding hydrogens is 441 g/mol. The van der Waals surface area contributed by atoms with E-state index < -0.39 is 0 Å². The van der Waals surface area contributed by atoms with Gasteiger partial charge in [0.25, 0.3) is 0 Å². The highest BCUT2D eigenvalue weighted by Gasteiger charge is 2.48. The van der Waals surface area contributed by atoms with E-state index in [9.17, 15) is 9.50 Å². The molecule has 1 spiro atoms. The Labute approximate surface area is 207 Å². The standard InChI is InChI=1S/C29H36FN3O2/c1-31-25-15-23(35-2)9-10-24(25)27-28(31)26(18-34)33(17-21-5-7-22(30)8-6-21)19-29(27)11-13-32(14-12-29)16-20-3-4-20/h5-10,15,20,26,34H,3-4,11-14,16-19H2,1-2H3/t26-/m1/s1. The summed E-state index contributed by atoms with van der Waals surface area (Å²) >= 11 is 0. The topological polar surface area (TPSA) is 40.9 Å². The van der Waals surface area contributed by atoms with Crippen LogP contribution in [0.15, 0.2) is 42.5 Å². The van der Waals surface area contributed by atoms with E-state index in [4.69, 9.17) is 4.74 Å². The maximum absolute atomic E-state index is 13.6. The number of hydrogen-bond acceptors (Lipinski definition) is 4. The fraction of sp³-hybridized carbons (Fsp3) is 0.517. The summed E-state index contributed by atoms with van der Waals surface area (Å²) in [6, 6.07) is 13.1. The number of aliphatic hydroxyl groups is 1. The molecule has 2 fully saturated rings. The molecule has 0 amide bonds. The number of aryl methyl sites for hydroxylation is 1. The molecule has 1 atom stereocenters. The minimum absolute atomic E-state index is 0.0369. The van der Waals surface area contributed by atoms with Crippen molar-refractivity contribution in [3.8, 4) is 5.75 Å². The number of rotatable bonds is 6. The van der Waals surface area contributed by atoms with Crippen LogP contribution in [0.1, 0.15) is 48.5 Å². The number of aliphatic hydroxyl groups excluding tert-OH is 1. The molecule has 2 aromatic carbocycles. The number of halogens is 1. The fourth-order valence-corrected chi connectivity index (χ4v) is 6.69. The second kappa shape index (κ2) is 8.91. The number of nitrogens with zero attached hydrogens (tertiary/aromatic N) is 3. The number of aromatic nitrogens is 1. The Bertz CT molecular complexity index is 1210. The van der Waals surface area contributed by atoms with Crippen molar-refractivity contribution in [3.63, 3.8) is 0 Å².